The summed E-state index contributed by atoms with van der Waals surface area (Å²) < 4.78 is 44.3. The van der Waals surface area contributed by atoms with Gasteiger partial charge in [-0.2, -0.15) is 0 Å². The van der Waals surface area contributed by atoms with Crippen molar-refractivity contribution >= 4 is 39.2 Å². The van der Waals surface area contributed by atoms with Gasteiger partial charge in [-0.15, -0.1) is 0 Å². The highest BCUT2D eigenvalue weighted by Crippen LogP contribution is 2.30. The van der Waals surface area contributed by atoms with Crippen molar-refractivity contribution in [1.82, 2.24) is 9.97 Å². The number of nitrogens with one attached hydrogen (secondary N) is 2. The van der Waals surface area contributed by atoms with Gasteiger partial charge in [-0.05, 0) is 42.3 Å². The molecule has 0 saturated carbocycles. The molecule has 4 rings (SSSR count). The zero-order chi connectivity index (χ0) is 24.4. The Labute approximate surface area is 198 Å². The number of anilines is 2. The van der Waals surface area contributed by atoms with E-state index in [1.807, 2.05) is 50.2 Å². The Hall–Kier alpha value is -3.59. The summed E-state index contributed by atoms with van der Waals surface area (Å²) in [7, 11) is 2.33. The Balaban J connectivity index is 1.76. The number of pyridine rings is 1. The number of hydrogen-bond acceptors (Lipinski definition) is 4. The van der Waals surface area contributed by atoms with Crippen LogP contribution in [0.1, 0.15) is 29.3 Å². The van der Waals surface area contributed by atoms with Gasteiger partial charge in [0, 0.05) is 54.4 Å². The Morgan fingerprint density at radius 3 is 2.68 bits per heavy atom. The topological polar surface area (TPSA) is 78.1 Å². The van der Waals surface area contributed by atoms with Gasteiger partial charge in [0.1, 0.15) is 22.5 Å². The zero-order valence-corrected chi connectivity index (χ0v) is 19.8. The van der Waals surface area contributed by atoms with Gasteiger partial charge in [0.2, 0.25) is 5.78 Å². The fourth-order valence-corrected chi connectivity index (χ4v) is 4.52. The fraction of sp³-hybridized carbons (Fsp3) is 0.200. The maximum absolute atomic E-state index is 15.2. The molecule has 4 aromatic rings. The van der Waals surface area contributed by atoms with Crippen molar-refractivity contribution < 1.29 is 17.8 Å². The Kier molecular flexibility index (Phi) is 6.74. The summed E-state index contributed by atoms with van der Waals surface area (Å²) in [6.45, 7) is 1.84. The lowest BCUT2D eigenvalue weighted by molar-refractivity contribution is 0.103. The van der Waals surface area contributed by atoms with Crippen LogP contribution in [0.15, 0.2) is 54.9 Å². The highest BCUT2D eigenvalue weighted by Gasteiger charge is 2.25. The summed E-state index contributed by atoms with van der Waals surface area (Å²) in [5, 5.41) is 0.449. The zero-order valence-electron chi connectivity index (χ0n) is 19.0. The molecular weight excluding hydrogens is 458 g/mol. The van der Waals surface area contributed by atoms with E-state index in [1.54, 1.807) is 12.3 Å². The maximum Gasteiger partial charge on any atom is 0.201 e. The first kappa shape index (κ1) is 23.6. The number of halogens is 2. The second-order valence-electron chi connectivity index (χ2n) is 8.03. The van der Waals surface area contributed by atoms with Crippen LogP contribution in [0.4, 0.5) is 20.2 Å². The van der Waals surface area contributed by atoms with Gasteiger partial charge in [-0.1, -0.05) is 19.1 Å². The molecule has 0 aliphatic rings. The Bertz CT molecular complexity index is 1400. The molecule has 0 bridgehead atoms. The minimum Gasteiger partial charge on any atom is -0.378 e. The quantitative estimate of drug-likeness (QED) is 0.335. The van der Waals surface area contributed by atoms with Gasteiger partial charge in [0.25, 0.3) is 0 Å². The molecule has 0 amide bonds. The molecule has 0 aliphatic heterocycles. The van der Waals surface area contributed by atoms with Crippen LogP contribution < -0.4 is 9.62 Å². The molecule has 1 atom stereocenters. The highest BCUT2D eigenvalue weighted by molar-refractivity contribution is 7.86. The maximum atomic E-state index is 15.2. The van der Waals surface area contributed by atoms with Crippen molar-refractivity contribution in [2.45, 2.75) is 13.3 Å². The number of benzene rings is 2. The summed E-state index contributed by atoms with van der Waals surface area (Å²) >= 11 is 0. The number of H-pyrrole nitrogens is 1. The van der Waals surface area contributed by atoms with Crippen molar-refractivity contribution in [2.75, 3.05) is 29.5 Å². The fourth-order valence-electron chi connectivity index (χ4n) is 3.65. The Morgan fingerprint density at radius 2 is 1.94 bits per heavy atom. The molecule has 1 unspecified atom stereocenters. The summed E-state index contributed by atoms with van der Waals surface area (Å²) in [6, 6.07) is 11.7. The first-order chi connectivity index (χ1) is 16.3. The highest BCUT2D eigenvalue weighted by atomic mass is 32.2. The van der Waals surface area contributed by atoms with Crippen LogP contribution in [0.2, 0.25) is 0 Å². The first-order valence-electron chi connectivity index (χ1n) is 10.7. The van der Waals surface area contributed by atoms with Crippen molar-refractivity contribution in [3.8, 4) is 11.1 Å². The molecule has 2 aromatic heterocycles. The van der Waals surface area contributed by atoms with E-state index < -0.39 is 34.0 Å². The van der Waals surface area contributed by atoms with Crippen LogP contribution in [0.25, 0.3) is 22.2 Å². The summed E-state index contributed by atoms with van der Waals surface area (Å²) in [4.78, 5) is 22.5. The van der Waals surface area contributed by atoms with Crippen molar-refractivity contribution in [1.29, 1.82) is 0 Å². The van der Waals surface area contributed by atoms with Gasteiger partial charge in [0.15, 0.2) is 5.82 Å². The number of carbonyl (C=O) groups is 1. The molecule has 34 heavy (non-hydrogen) atoms. The summed E-state index contributed by atoms with van der Waals surface area (Å²) in [6.07, 6.45) is 3.70. The monoisotopic (exact) mass is 482 g/mol. The second-order valence-corrected chi connectivity index (χ2v) is 9.34. The molecule has 0 aliphatic carbocycles. The van der Waals surface area contributed by atoms with Crippen LogP contribution in [0.3, 0.4) is 0 Å². The molecule has 2 heterocycles. The molecule has 0 radical (unpaired) electrons. The summed E-state index contributed by atoms with van der Waals surface area (Å²) in [5.41, 5.74) is 2.28. The van der Waals surface area contributed by atoms with E-state index in [9.17, 15) is 13.4 Å². The molecule has 2 N–H and O–H groups in total. The average molecular weight is 483 g/mol. The van der Waals surface area contributed by atoms with Gasteiger partial charge in [-0.25, -0.2) is 18.0 Å². The standard InChI is InChI=1S/C25H24F2N4O2S/c1-4-10-34(33)30-21-9-8-20(26)22(23(21)27)24(32)19-14-29-25-18(19)12-16(13-28-25)15-6-5-7-17(11-15)31(2)3/h5-9,11-14,30H,4,10H2,1-3H3,(H,28,29). The second kappa shape index (κ2) is 9.72. The van der Waals surface area contributed by atoms with E-state index in [4.69, 9.17) is 0 Å². The van der Waals surface area contributed by atoms with Crippen LogP contribution in [-0.2, 0) is 11.0 Å². The Morgan fingerprint density at radius 1 is 1.15 bits per heavy atom. The van der Waals surface area contributed by atoms with Gasteiger partial charge in [0.05, 0.1) is 11.3 Å². The lowest BCUT2D eigenvalue weighted by atomic mass is 9.99. The van der Waals surface area contributed by atoms with Crippen LogP contribution >= 0.6 is 0 Å². The van der Waals surface area contributed by atoms with E-state index in [0.717, 1.165) is 28.9 Å². The largest absolute Gasteiger partial charge is 0.378 e. The average Bonchev–Trinajstić information content (AvgIpc) is 3.24. The predicted molar refractivity (Wildman–Crippen MR) is 133 cm³/mol. The first-order valence-corrected chi connectivity index (χ1v) is 12.0. The minimum atomic E-state index is -1.54. The third-order valence-electron chi connectivity index (χ3n) is 5.40. The van der Waals surface area contributed by atoms with Crippen LogP contribution in [-0.4, -0.2) is 39.8 Å². The molecule has 176 valence electrons. The number of aromatic amines is 1. The number of nitrogens with zero attached hydrogens (tertiary/aromatic N) is 2. The molecule has 0 fully saturated rings. The predicted octanol–water partition coefficient (Wildman–Crippen LogP) is 5.29. The lowest BCUT2D eigenvalue weighted by Crippen LogP contribution is -2.13. The van der Waals surface area contributed by atoms with Crippen LogP contribution in [0, 0.1) is 11.6 Å². The lowest BCUT2D eigenvalue weighted by Gasteiger charge is -2.13. The van der Waals surface area contributed by atoms with Crippen molar-refractivity contribution in [3.05, 3.63) is 77.6 Å². The molecular formula is C25H24F2N4O2S. The number of fused-ring (bicyclic) bond motifs is 1. The molecule has 0 saturated heterocycles. The number of aromatic nitrogens is 2. The van der Waals surface area contributed by atoms with E-state index in [-0.39, 0.29) is 11.3 Å². The molecule has 2 aromatic carbocycles. The molecule has 6 nitrogen and oxygen atoms in total. The number of hydrogen-bond donors (Lipinski definition) is 2. The van der Waals surface area contributed by atoms with Crippen LogP contribution in [0.5, 0.6) is 0 Å². The van der Waals surface area contributed by atoms with Gasteiger partial charge < -0.3 is 14.6 Å². The number of ketones is 1. The van der Waals surface area contributed by atoms with Gasteiger partial charge >= 0.3 is 0 Å². The third-order valence-corrected chi connectivity index (χ3v) is 6.63. The van der Waals surface area contributed by atoms with E-state index in [1.165, 1.54) is 6.20 Å². The number of rotatable bonds is 8. The van der Waals surface area contributed by atoms with E-state index in [0.29, 0.717) is 23.2 Å². The van der Waals surface area contributed by atoms with E-state index >= 15 is 4.39 Å². The summed E-state index contributed by atoms with van der Waals surface area (Å²) in [5.74, 6) is -2.60. The smallest absolute Gasteiger partial charge is 0.201 e. The van der Waals surface area contributed by atoms with Crippen molar-refractivity contribution in [2.24, 2.45) is 0 Å². The van der Waals surface area contributed by atoms with Gasteiger partial charge in [-0.3, -0.25) is 4.79 Å². The molecule has 0 spiro atoms. The molecule has 9 heteroatoms. The number of carbonyl (C=O) groups excluding carboxylic acids is 1. The minimum absolute atomic E-state index is 0.0951. The van der Waals surface area contributed by atoms with E-state index in [2.05, 4.69) is 14.7 Å². The SMILES string of the molecule is CCCS(=O)Nc1ccc(F)c(C(=O)c2c[nH]c3ncc(-c4cccc(N(C)C)c4)cc23)c1F. The van der Waals surface area contributed by atoms with Crippen molar-refractivity contribution in [3.63, 3.8) is 0 Å². The normalized spacial score (nSPS) is 12.0. The third kappa shape index (κ3) is 4.56.